The van der Waals surface area contributed by atoms with E-state index in [4.69, 9.17) is 0 Å². The highest BCUT2D eigenvalue weighted by Crippen LogP contribution is 2.27. The minimum atomic E-state index is 0.362. The third kappa shape index (κ3) is 0.792. The van der Waals surface area contributed by atoms with Crippen molar-refractivity contribution in [3.05, 3.63) is 30.0 Å². The number of aromatic hydroxyl groups is 1. The fourth-order valence-electron chi connectivity index (χ4n) is 1.26. The molecule has 1 aromatic heterocycles. The van der Waals surface area contributed by atoms with Crippen LogP contribution in [0.25, 0.3) is 10.9 Å². The van der Waals surface area contributed by atoms with Gasteiger partial charge in [0.25, 0.3) is 0 Å². The number of hydrogen-bond donors (Lipinski definition) is 2. The van der Waals surface area contributed by atoms with E-state index in [9.17, 15) is 5.11 Å². The maximum Gasteiger partial charge on any atom is 0.143 e. The van der Waals surface area contributed by atoms with Crippen LogP contribution in [0.2, 0.25) is 0 Å². The minimum absolute atomic E-state index is 0.362. The van der Waals surface area contributed by atoms with E-state index in [2.05, 4.69) is 4.98 Å². The predicted octanol–water partition coefficient (Wildman–Crippen LogP) is 2.18. The normalized spacial score (nSPS) is 10.6. The molecule has 2 rings (SSSR count). The number of H-pyrrole nitrogens is 1. The Bertz CT molecular complexity index is 389. The molecule has 0 aliphatic carbocycles. The molecule has 2 aromatic rings. The number of aryl methyl sites for hydroxylation is 1. The van der Waals surface area contributed by atoms with Gasteiger partial charge in [0.2, 0.25) is 0 Å². The molecule has 0 unspecified atom stereocenters. The van der Waals surface area contributed by atoms with Crippen LogP contribution >= 0.6 is 0 Å². The molecule has 0 radical (unpaired) electrons. The first-order valence-electron chi connectivity index (χ1n) is 3.55. The lowest BCUT2D eigenvalue weighted by atomic mass is 10.2. The molecule has 1 aromatic carbocycles. The van der Waals surface area contributed by atoms with Crippen molar-refractivity contribution < 1.29 is 5.11 Å². The number of aromatic amines is 1. The van der Waals surface area contributed by atoms with Crippen LogP contribution in [0.5, 0.6) is 5.75 Å². The summed E-state index contributed by atoms with van der Waals surface area (Å²) in [5.41, 5.74) is 1.81. The predicted molar refractivity (Wildman–Crippen MR) is 44.7 cm³/mol. The Morgan fingerprint density at radius 1 is 1.27 bits per heavy atom. The lowest BCUT2D eigenvalue weighted by Crippen LogP contribution is -1.66. The number of aromatic nitrogens is 1. The van der Waals surface area contributed by atoms with Gasteiger partial charge in [0, 0.05) is 10.9 Å². The van der Waals surface area contributed by atoms with Crippen molar-refractivity contribution in [1.82, 2.24) is 4.98 Å². The summed E-state index contributed by atoms with van der Waals surface area (Å²) >= 11 is 0. The molecule has 2 heteroatoms. The third-order valence-corrected chi connectivity index (χ3v) is 1.86. The molecule has 0 amide bonds. The molecule has 2 N–H and O–H groups in total. The van der Waals surface area contributed by atoms with Crippen LogP contribution < -0.4 is 0 Å². The molecule has 0 aliphatic heterocycles. The van der Waals surface area contributed by atoms with Crippen molar-refractivity contribution in [1.29, 1.82) is 0 Å². The Labute approximate surface area is 64.5 Å². The van der Waals surface area contributed by atoms with E-state index in [0.717, 1.165) is 16.6 Å². The summed E-state index contributed by atoms with van der Waals surface area (Å²) in [6, 6.07) is 7.70. The van der Waals surface area contributed by atoms with Gasteiger partial charge in [-0.2, -0.15) is 0 Å². The number of nitrogens with one attached hydrogen (secondary N) is 1. The zero-order valence-corrected chi connectivity index (χ0v) is 6.26. The van der Waals surface area contributed by atoms with E-state index in [-0.39, 0.29) is 0 Å². The van der Waals surface area contributed by atoms with Gasteiger partial charge in [-0.05, 0) is 19.1 Å². The molecule has 1 heterocycles. The molecule has 11 heavy (non-hydrogen) atoms. The SMILES string of the molecule is Cc1[nH]c2ccccc2c1O. The molecule has 2 nitrogen and oxygen atoms in total. The van der Waals surface area contributed by atoms with Crippen LogP contribution in [0.4, 0.5) is 0 Å². The van der Waals surface area contributed by atoms with E-state index >= 15 is 0 Å². The molecular weight excluding hydrogens is 138 g/mol. The first kappa shape index (κ1) is 6.28. The summed E-state index contributed by atoms with van der Waals surface area (Å²) < 4.78 is 0. The van der Waals surface area contributed by atoms with Crippen molar-refractivity contribution in [3.8, 4) is 5.75 Å². The maximum atomic E-state index is 9.47. The van der Waals surface area contributed by atoms with Gasteiger partial charge in [-0.15, -0.1) is 0 Å². The van der Waals surface area contributed by atoms with Crippen molar-refractivity contribution in [2.24, 2.45) is 0 Å². The van der Waals surface area contributed by atoms with Gasteiger partial charge in [0.1, 0.15) is 5.75 Å². The fraction of sp³-hybridized carbons (Fsp3) is 0.111. The van der Waals surface area contributed by atoms with E-state index in [0.29, 0.717) is 5.75 Å². The molecule has 56 valence electrons. The van der Waals surface area contributed by atoms with Crippen LogP contribution in [0, 0.1) is 6.92 Å². The molecule has 0 atom stereocenters. The topological polar surface area (TPSA) is 36.0 Å². The summed E-state index contributed by atoms with van der Waals surface area (Å²) in [4.78, 5) is 3.08. The van der Waals surface area contributed by atoms with Crippen LogP contribution in [0.3, 0.4) is 0 Å². The first-order chi connectivity index (χ1) is 5.29. The zero-order valence-electron chi connectivity index (χ0n) is 6.26. The number of fused-ring (bicyclic) bond motifs is 1. The van der Waals surface area contributed by atoms with Gasteiger partial charge in [0.15, 0.2) is 0 Å². The van der Waals surface area contributed by atoms with Crippen LogP contribution in [0.15, 0.2) is 24.3 Å². The Hall–Kier alpha value is -1.44. The second-order valence-electron chi connectivity index (χ2n) is 2.64. The lowest BCUT2D eigenvalue weighted by molar-refractivity contribution is 0.477. The zero-order chi connectivity index (χ0) is 7.84. The van der Waals surface area contributed by atoms with E-state index in [1.807, 2.05) is 31.2 Å². The summed E-state index contributed by atoms with van der Waals surface area (Å²) in [5.74, 6) is 0.362. The Morgan fingerprint density at radius 3 is 2.73 bits per heavy atom. The van der Waals surface area contributed by atoms with Gasteiger partial charge < -0.3 is 10.1 Å². The van der Waals surface area contributed by atoms with Gasteiger partial charge in [-0.1, -0.05) is 12.1 Å². The smallest absolute Gasteiger partial charge is 0.143 e. The first-order valence-corrected chi connectivity index (χ1v) is 3.55. The second-order valence-corrected chi connectivity index (χ2v) is 2.64. The summed E-state index contributed by atoms with van der Waals surface area (Å²) in [6.45, 7) is 1.86. The Balaban J connectivity index is 2.92. The van der Waals surface area contributed by atoms with E-state index in [1.54, 1.807) is 0 Å². The number of para-hydroxylation sites is 1. The van der Waals surface area contributed by atoms with Crippen LogP contribution in [-0.2, 0) is 0 Å². The Morgan fingerprint density at radius 2 is 2.00 bits per heavy atom. The molecule has 0 saturated heterocycles. The molecule has 0 bridgehead atoms. The largest absolute Gasteiger partial charge is 0.505 e. The number of benzene rings is 1. The standard InChI is InChI=1S/C9H9NO/c1-6-9(11)7-4-2-3-5-8(7)10-6/h2-5,10-11H,1H3. The van der Waals surface area contributed by atoms with Gasteiger partial charge in [-0.25, -0.2) is 0 Å². The third-order valence-electron chi connectivity index (χ3n) is 1.86. The molecule has 0 aliphatic rings. The van der Waals surface area contributed by atoms with Crippen molar-refractivity contribution >= 4 is 10.9 Å². The quantitative estimate of drug-likeness (QED) is 0.588. The number of rotatable bonds is 0. The molecular formula is C9H9NO. The average Bonchev–Trinajstić information content (AvgIpc) is 2.30. The van der Waals surface area contributed by atoms with Crippen molar-refractivity contribution in [3.63, 3.8) is 0 Å². The highest BCUT2D eigenvalue weighted by Gasteiger charge is 2.03. The lowest BCUT2D eigenvalue weighted by Gasteiger charge is -1.87. The van der Waals surface area contributed by atoms with Crippen LogP contribution in [-0.4, -0.2) is 10.1 Å². The van der Waals surface area contributed by atoms with Gasteiger partial charge >= 0.3 is 0 Å². The molecule has 0 spiro atoms. The van der Waals surface area contributed by atoms with Gasteiger partial charge in [-0.3, -0.25) is 0 Å². The summed E-state index contributed by atoms with van der Waals surface area (Å²) in [7, 11) is 0. The summed E-state index contributed by atoms with van der Waals surface area (Å²) in [5, 5.41) is 10.4. The Kier molecular flexibility index (Phi) is 1.15. The van der Waals surface area contributed by atoms with E-state index in [1.165, 1.54) is 0 Å². The molecule has 0 saturated carbocycles. The highest BCUT2D eigenvalue weighted by molar-refractivity contribution is 5.87. The summed E-state index contributed by atoms with van der Waals surface area (Å²) in [6.07, 6.45) is 0. The number of hydrogen-bond acceptors (Lipinski definition) is 1. The molecule has 0 fully saturated rings. The monoisotopic (exact) mass is 147 g/mol. The minimum Gasteiger partial charge on any atom is -0.505 e. The average molecular weight is 147 g/mol. The second kappa shape index (κ2) is 2.02. The highest BCUT2D eigenvalue weighted by atomic mass is 16.3. The van der Waals surface area contributed by atoms with E-state index < -0.39 is 0 Å². The van der Waals surface area contributed by atoms with Crippen molar-refractivity contribution in [2.75, 3.05) is 0 Å². The fourth-order valence-corrected chi connectivity index (χ4v) is 1.26. The maximum absolute atomic E-state index is 9.47. The van der Waals surface area contributed by atoms with Crippen molar-refractivity contribution in [2.45, 2.75) is 6.92 Å². The van der Waals surface area contributed by atoms with Gasteiger partial charge in [0.05, 0.1) is 5.69 Å². The van der Waals surface area contributed by atoms with Crippen LogP contribution in [0.1, 0.15) is 5.69 Å².